The fourth-order valence-corrected chi connectivity index (χ4v) is 3.19. The zero-order chi connectivity index (χ0) is 12.0. The van der Waals surface area contributed by atoms with Crippen LogP contribution in [0.15, 0.2) is 0 Å². The average Bonchev–Trinajstić information content (AvgIpc) is 2.29. The van der Waals surface area contributed by atoms with Crippen molar-refractivity contribution in [2.75, 3.05) is 13.1 Å². The van der Waals surface area contributed by atoms with Crippen LogP contribution in [0.5, 0.6) is 0 Å². The van der Waals surface area contributed by atoms with Gasteiger partial charge in [-0.25, -0.2) is 0 Å². The SMILES string of the molecule is CCCC1CCC(O)CC1N(CC)CCC. The predicted molar refractivity (Wildman–Crippen MR) is 69.6 cm³/mol. The molecule has 0 saturated heterocycles. The highest BCUT2D eigenvalue weighted by molar-refractivity contribution is 4.86. The normalized spacial score (nSPS) is 30.9. The molecule has 0 aromatic carbocycles. The second kappa shape index (κ2) is 7.29. The van der Waals surface area contributed by atoms with Gasteiger partial charge in [0.1, 0.15) is 0 Å². The van der Waals surface area contributed by atoms with Crippen molar-refractivity contribution >= 4 is 0 Å². The summed E-state index contributed by atoms with van der Waals surface area (Å²) in [7, 11) is 0. The molecular formula is C14H29NO. The summed E-state index contributed by atoms with van der Waals surface area (Å²) in [4.78, 5) is 2.59. The lowest BCUT2D eigenvalue weighted by Crippen LogP contribution is -2.46. The Morgan fingerprint density at radius 2 is 1.88 bits per heavy atom. The second-order valence-electron chi connectivity index (χ2n) is 5.21. The summed E-state index contributed by atoms with van der Waals surface area (Å²) in [5, 5.41) is 9.85. The van der Waals surface area contributed by atoms with Crippen LogP contribution in [0.2, 0.25) is 0 Å². The van der Waals surface area contributed by atoms with Crippen LogP contribution in [0, 0.1) is 5.92 Å². The summed E-state index contributed by atoms with van der Waals surface area (Å²) < 4.78 is 0. The van der Waals surface area contributed by atoms with Gasteiger partial charge in [0.15, 0.2) is 0 Å². The van der Waals surface area contributed by atoms with Crippen LogP contribution in [-0.2, 0) is 0 Å². The third-order valence-electron chi connectivity index (χ3n) is 3.97. The van der Waals surface area contributed by atoms with E-state index in [0.717, 1.165) is 25.3 Å². The van der Waals surface area contributed by atoms with Crippen molar-refractivity contribution in [2.45, 2.75) is 71.4 Å². The first kappa shape index (κ1) is 14.0. The molecule has 1 rings (SSSR count). The molecule has 0 heterocycles. The first-order chi connectivity index (χ1) is 7.72. The first-order valence-corrected chi connectivity index (χ1v) is 7.14. The quantitative estimate of drug-likeness (QED) is 0.754. The molecule has 3 unspecified atom stereocenters. The highest BCUT2D eigenvalue weighted by atomic mass is 16.3. The Labute approximate surface area is 101 Å². The van der Waals surface area contributed by atoms with E-state index in [-0.39, 0.29) is 6.10 Å². The molecule has 1 N–H and O–H groups in total. The Hall–Kier alpha value is -0.0800. The third kappa shape index (κ3) is 3.74. The van der Waals surface area contributed by atoms with E-state index in [9.17, 15) is 5.11 Å². The van der Waals surface area contributed by atoms with E-state index in [2.05, 4.69) is 25.7 Å². The molecule has 16 heavy (non-hydrogen) atoms. The summed E-state index contributed by atoms with van der Waals surface area (Å²) in [5.74, 6) is 0.819. The Balaban J connectivity index is 2.60. The zero-order valence-electron chi connectivity index (χ0n) is 11.3. The number of aliphatic hydroxyl groups is 1. The van der Waals surface area contributed by atoms with Gasteiger partial charge in [-0.1, -0.05) is 27.2 Å². The van der Waals surface area contributed by atoms with Crippen molar-refractivity contribution in [2.24, 2.45) is 5.92 Å². The molecule has 0 aromatic rings. The molecule has 1 fully saturated rings. The van der Waals surface area contributed by atoms with E-state index >= 15 is 0 Å². The topological polar surface area (TPSA) is 23.5 Å². The number of aliphatic hydroxyl groups excluding tert-OH is 1. The summed E-state index contributed by atoms with van der Waals surface area (Å²) >= 11 is 0. The Morgan fingerprint density at radius 3 is 2.44 bits per heavy atom. The van der Waals surface area contributed by atoms with E-state index in [1.807, 2.05) is 0 Å². The lowest BCUT2D eigenvalue weighted by atomic mass is 9.79. The van der Waals surface area contributed by atoms with Crippen LogP contribution < -0.4 is 0 Å². The minimum atomic E-state index is -0.0518. The van der Waals surface area contributed by atoms with Crippen molar-refractivity contribution in [1.82, 2.24) is 4.90 Å². The van der Waals surface area contributed by atoms with E-state index in [1.54, 1.807) is 0 Å². The van der Waals surface area contributed by atoms with Crippen LogP contribution in [0.4, 0.5) is 0 Å². The number of nitrogens with zero attached hydrogens (tertiary/aromatic N) is 1. The summed E-state index contributed by atoms with van der Waals surface area (Å²) in [6, 6.07) is 0.633. The molecule has 1 saturated carbocycles. The summed E-state index contributed by atoms with van der Waals surface area (Å²) in [5.41, 5.74) is 0. The maximum atomic E-state index is 9.85. The Bertz CT molecular complexity index is 176. The lowest BCUT2D eigenvalue weighted by Gasteiger charge is -2.41. The van der Waals surface area contributed by atoms with Gasteiger partial charge >= 0.3 is 0 Å². The van der Waals surface area contributed by atoms with Gasteiger partial charge in [0.05, 0.1) is 6.10 Å². The molecular weight excluding hydrogens is 198 g/mol. The summed E-state index contributed by atoms with van der Waals surface area (Å²) in [6.45, 7) is 9.09. The fourth-order valence-electron chi connectivity index (χ4n) is 3.19. The maximum absolute atomic E-state index is 9.85. The van der Waals surface area contributed by atoms with Crippen LogP contribution in [0.3, 0.4) is 0 Å². The molecule has 2 heteroatoms. The van der Waals surface area contributed by atoms with Crippen LogP contribution in [0.25, 0.3) is 0 Å². The van der Waals surface area contributed by atoms with Gasteiger partial charge in [-0.3, -0.25) is 0 Å². The van der Waals surface area contributed by atoms with E-state index in [1.165, 1.54) is 32.2 Å². The van der Waals surface area contributed by atoms with Crippen molar-refractivity contribution in [3.8, 4) is 0 Å². The highest BCUT2D eigenvalue weighted by Crippen LogP contribution is 2.31. The van der Waals surface area contributed by atoms with Gasteiger partial charge in [-0.15, -0.1) is 0 Å². The van der Waals surface area contributed by atoms with Crippen LogP contribution in [0.1, 0.15) is 59.3 Å². The minimum Gasteiger partial charge on any atom is -0.393 e. The summed E-state index contributed by atoms with van der Waals surface area (Å²) in [6.07, 6.45) is 7.02. The largest absolute Gasteiger partial charge is 0.393 e. The van der Waals surface area contributed by atoms with Crippen LogP contribution >= 0.6 is 0 Å². The van der Waals surface area contributed by atoms with Crippen molar-refractivity contribution in [1.29, 1.82) is 0 Å². The molecule has 0 aromatic heterocycles. The smallest absolute Gasteiger partial charge is 0.0555 e. The molecule has 2 nitrogen and oxygen atoms in total. The van der Waals surface area contributed by atoms with Gasteiger partial charge in [0.2, 0.25) is 0 Å². The van der Waals surface area contributed by atoms with Gasteiger partial charge in [0.25, 0.3) is 0 Å². The lowest BCUT2D eigenvalue weighted by molar-refractivity contribution is 0.0259. The monoisotopic (exact) mass is 227 g/mol. The molecule has 1 aliphatic carbocycles. The van der Waals surface area contributed by atoms with Crippen LogP contribution in [-0.4, -0.2) is 35.2 Å². The van der Waals surface area contributed by atoms with E-state index < -0.39 is 0 Å². The minimum absolute atomic E-state index is 0.0518. The van der Waals surface area contributed by atoms with Gasteiger partial charge < -0.3 is 10.0 Å². The second-order valence-corrected chi connectivity index (χ2v) is 5.21. The average molecular weight is 227 g/mol. The number of hydrogen-bond donors (Lipinski definition) is 1. The number of rotatable bonds is 6. The molecule has 96 valence electrons. The third-order valence-corrected chi connectivity index (χ3v) is 3.97. The van der Waals surface area contributed by atoms with Crippen molar-refractivity contribution in [3.05, 3.63) is 0 Å². The molecule has 0 aliphatic heterocycles. The highest BCUT2D eigenvalue weighted by Gasteiger charge is 2.32. The van der Waals surface area contributed by atoms with Crippen molar-refractivity contribution in [3.63, 3.8) is 0 Å². The number of hydrogen-bond acceptors (Lipinski definition) is 2. The van der Waals surface area contributed by atoms with E-state index in [0.29, 0.717) is 6.04 Å². The van der Waals surface area contributed by atoms with E-state index in [4.69, 9.17) is 0 Å². The molecule has 0 radical (unpaired) electrons. The molecule has 0 bridgehead atoms. The zero-order valence-corrected chi connectivity index (χ0v) is 11.3. The van der Waals surface area contributed by atoms with Gasteiger partial charge in [-0.2, -0.15) is 0 Å². The van der Waals surface area contributed by atoms with Crippen molar-refractivity contribution < 1.29 is 5.11 Å². The maximum Gasteiger partial charge on any atom is 0.0555 e. The van der Waals surface area contributed by atoms with Gasteiger partial charge in [-0.05, 0) is 51.1 Å². The molecule has 0 amide bonds. The molecule has 1 aliphatic rings. The Kier molecular flexibility index (Phi) is 6.37. The first-order valence-electron chi connectivity index (χ1n) is 7.14. The Morgan fingerprint density at radius 1 is 1.12 bits per heavy atom. The molecule has 3 atom stereocenters. The molecule has 0 spiro atoms. The fraction of sp³-hybridized carbons (Fsp3) is 1.00. The predicted octanol–water partition coefficient (Wildman–Crippen LogP) is 3.05. The standard InChI is InChI=1S/C14H29NO/c1-4-7-12-8-9-13(16)11-14(12)15(6-3)10-5-2/h12-14,16H,4-11H2,1-3H3. The van der Waals surface area contributed by atoms with Gasteiger partial charge in [0, 0.05) is 6.04 Å².